The molecule has 0 spiro atoms. The average molecular weight is 336 g/mol. The number of imidazole rings is 1. The van der Waals surface area contributed by atoms with E-state index in [9.17, 15) is 4.79 Å². The second kappa shape index (κ2) is 6.51. The molecule has 0 saturated carbocycles. The van der Waals surface area contributed by atoms with Gasteiger partial charge in [-0.05, 0) is 17.5 Å². The summed E-state index contributed by atoms with van der Waals surface area (Å²) in [5.41, 5.74) is 3.88. The lowest BCUT2D eigenvalue weighted by Crippen LogP contribution is -2.24. The van der Waals surface area contributed by atoms with Gasteiger partial charge in [-0.15, -0.1) is 0 Å². The molecule has 1 aromatic carbocycles. The van der Waals surface area contributed by atoms with Gasteiger partial charge in [0.1, 0.15) is 5.52 Å². The fourth-order valence-corrected chi connectivity index (χ4v) is 3.13. The molecule has 1 aliphatic heterocycles. The van der Waals surface area contributed by atoms with Gasteiger partial charge in [0.05, 0.1) is 12.5 Å². The van der Waals surface area contributed by atoms with E-state index in [-0.39, 0.29) is 5.91 Å². The maximum absolute atomic E-state index is 11.9. The lowest BCUT2D eigenvalue weighted by atomic mass is 10.1. The number of amides is 1. The highest BCUT2D eigenvalue weighted by Crippen LogP contribution is 2.18. The first-order chi connectivity index (χ1) is 12.2. The van der Waals surface area contributed by atoms with E-state index in [1.54, 1.807) is 12.5 Å². The van der Waals surface area contributed by atoms with Crippen molar-refractivity contribution in [3.63, 3.8) is 0 Å². The number of hydrogen-bond acceptors (Lipinski definition) is 5. The average Bonchev–Trinajstić information content (AvgIpc) is 3.20. The highest BCUT2D eigenvalue weighted by atomic mass is 16.2. The third kappa shape index (κ3) is 3.17. The van der Waals surface area contributed by atoms with E-state index in [2.05, 4.69) is 32.4 Å². The van der Waals surface area contributed by atoms with Crippen LogP contribution in [0.5, 0.6) is 0 Å². The van der Waals surface area contributed by atoms with Gasteiger partial charge in [-0.2, -0.15) is 4.98 Å². The molecule has 1 saturated heterocycles. The first kappa shape index (κ1) is 15.6. The molecule has 7 heteroatoms. The van der Waals surface area contributed by atoms with Crippen LogP contribution in [0.25, 0.3) is 11.2 Å². The number of aromatic nitrogens is 4. The minimum absolute atomic E-state index is 0.242. The molecule has 4 rings (SSSR count). The number of carbonyl (C=O) groups excluding carboxylic acids is 1. The Bertz CT molecular complexity index is 919. The van der Waals surface area contributed by atoms with Crippen LogP contribution in [0, 0.1) is 0 Å². The normalized spacial score (nSPS) is 14.4. The summed E-state index contributed by atoms with van der Waals surface area (Å²) in [5.74, 6) is 0.796. The summed E-state index contributed by atoms with van der Waals surface area (Å²) in [5, 5.41) is 3.26. The summed E-state index contributed by atoms with van der Waals surface area (Å²) in [6.45, 7) is 2.12. The van der Waals surface area contributed by atoms with Crippen molar-refractivity contribution in [3.05, 3.63) is 47.9 Å². The third-order valence-electron chi connectivity index (χ3n) is 4.57. The van der Waals surface area contributed by atoms with Crippen molar-refractivity contribution < 1.29 is 4.79 Å². The van der Waals surface area contributed by atoms with Crippen molar-refractivity contribution >= 4 is 23.0 Å². The maximum Gasteiger partial charge on any atom is 0.225 e. The first-order valence-corrected chi connectivity index (χ1v) is 8.43. The van der Waals surface area contributed by atoms with Crippen LogP contribution in [0.15, 0.2) is 36.8 Å². The molecule has 3 heterocycles. The van der Waals surface area contributed by atoms with Crippen LogP contribution in [-0.2, 0) is 24.9 Å². The standard InChI is InChI=1S/C18H20N6O/c1-23-12-21-17-15(23)10-20-18(22-17)19-9-13-5-2-3-6-14(13)11-24-8-4-7-16(24)25/h2-3,5-6,10,12H,4,7-9,11H2,1H3,(H,19,20,22). The molecular weight excluding hydrogens is 316 g/mol. The molecule has 0 atom stereocenters. The van der Waals surface area contributed by atoms with Gasteiger partial charge in [0.2, 0.25) is 11.9 Å². The molecular formula is C18H20N6O. The predicted molar refractivity (Wildman–Crippen MR) is 94.7 cm³/mol. The second-order valence-corrected chi connectivity index (χ2v) is 6.30. The Morgan fingerprint density at radius 1 is 1.20 bits per heavy atom. The number of likely N-dealkylation sites (tertiary alicyclic amines) is 1. The number of anilines is 1. The molecule has 1 amide bonds. The van der Waals surface area contributed by atoms with Crippen molar-refractivity contribution in [2.24, 2.45) is 7.05 Å². The minimum Gasteiger partial charge on any atom is -0.350 e. The lowest BCUT2D eigenvalue weighted by Gasteiger charge is -2.18. The summed E-state index contributed by atoms with van der Waals surface area (Å²) in [6, 6.07) is 8.17. The van der Waals surface area contributed by atoms with Gasteiger partial charge in [-0.1, -0.05) is 24.3 Å². The lowest BCUT2D eigenvalue weighted by molar-refractivity contribution is -0.128. The van der Waals surface area contributed by atoms with Gasteiger partial charge >= 0.3 is 0 Å². The minimum atomic E-state index is 0.242. The topological polar surface area (TPSA) is 75.9 Å². The molecule has 2 aromatic heterocycles. The largest absolute Gasteiger partial charge is 0.350 e. The fraction of sp³-hybridized carbons (Fsp3) is 0.333. The van der Waals surface area contributed by atoms with Gasteiger partial charge in [0, 0.05) is 33.1 Å². The van der Waals surface area contributed by atoms with E-state index >= 15 is 0 Å². The van der Waals surface area contributed by atoms with Crippen molar-refractivity contribution in [1.29, 1.82) is 0 Å². The Hall–Kier alpha value is -2.96. The van der Waals surface area contributed by atoms with Crippen LogP contribution in [0.1, 0.15) is 24.0 Å². The van der Waals surface area contributed by atoms with E-state index in [0.29, 0.717) is 31.1 Å². The monoisotopic (exact) mass is 336 g/mol. The molecule has 0 unspecified atom stereocenters. The quantitative estimate of drug-likeness (QED) is 0.772. The van der Waals surface area contributed by atoms with E-state index in [0.717, 1.165) is 29.6 Å². The molecule has 0 aliphatic carbocycles. The van der Waals surface area contributed by atoms with Crippen LogP contribution in [0.3, 0.4) is 0 Å². The molecule has 1 aliphatic rings. The van der Waals surface area contributed by atoms with E-state index < -0.39 is 0 Å². The molecule has 3 aromatic rings. The molecule has 0 radical (unpaired) electrons. The Morgan fingerprint density at radius 3 is 2.84 bits per heavy atom. The van der Waals surface area contributed by atoms with Gasteiger partial charge in [-0.3, -0.25) is 4.79 Å². The summed E-state index contributed by atoms with van der Waals surface area (Å²) < 4.78 is 1.89. The molecule has 25 heavy (non-hydrogen) atoms. The zero-order valence-electron chi connectivity index (χ0n) is 14.1. The van der Waals surface area contributed by atoms with Crippen LogP contribution in [0.2, 0.25) is 0 Å². The van der Waals surface area contributed by atoms with Gasteiger partial charge in [0.15, 0.2) is 5.65 Å². The number of rotatable bonds is 5. The van der Waals surface area contributed by atoms with Crippen molar-refractivity contribution in [2.45, 2.75) is 25.9 Å². The molecule has 128 valence electrons. The Kier molecular flexibility index (Phi) is 4.05. The fourth-order valence-electron chi connectivity index (χ4n) is 3.13. The smallest absolute Gasteiger partial charge is 0.225 e. The van der Waals surface area contributed by atoms with Crippen molar-refractivity contribution in [2.75, 3.05) is 11.9 Å². The highest BCUT2D eigenvalue weighted by Gasteiger charge is 2.20. The molecule has 0 bridgehead atoms. The van der Waals surface area contributed by atoms with E-state index in [1.807, 2.05) is 28.6 Å². The SMILES string of the molecule is Cn1cnc2nc(NCc3ccccc3CN3CCCC3=O)ncc21. The highest BCUT2D eigenvalue weighted by molar-refractivity contribution is 5.78. The summed E-state index contributed by atoms with van der Waals surface area (Å²) in [7, 11) is 1.92. The number of carbonyl (C=O) groups is 1. The number of nitrogens with one attached hydrogen (secondary N) is 1. The molecule has 1 fully saturated rings. The number of fused-ring (bicyclic) bond motifs is 1. The Balaban J connectivity index is 1.49. The zero-order valence-corrected chi connectivity index (χ0v) is 14.1. The van der Waals surface area contributed by atoms with Gasteiger partial charge in [-0.25, -0.2) is 9.97 Å². The van der Waals surface area contributed by atoms with Gasteiger partial charge in [0.25, 0.3) is 0 Å². The number of benzene rings is 1. The third-order valence-corrected chi connectivity index (χ3v) is 4.57. The summed E-state index contributed by atoms with van der Waals surface area (Å²) in [6.07, 6.45) is 5.12. The second-order valence-electron chi connectivity index (χ2n) is 6.30. The number of hydrogen-bond donors (Lipinski definition) is 1. The number of aryl methyl sites for hydroxylation is 1. The van der Waals surface area contributed by atoms with E-state index in [1.165, 1.54) is 0 Å². The molecule has 7 nitrogen and oxygen atoms in total. The van der Waals surface area contributed by atoms with Crippen LogP contribution in [-0.4, -0.2) is 36.9 Å². The summed E-state index contributed by atoms with van der Waals surface area (Å²) in [4.78, 5) is 26.8. The maximum atomic E-state index is 11.9. The first-order valence-electron chi connectivity index (χ1n) is 8.43. The van der Waals surface area contributed by atoms with Crippen LogP contribution < -0.4 is 5.32 Å². The molecule has 1 N–H and O–H groups in total. The van der Waals surface area contributed by atoms with Crippen molar-refractivity contribution in [3.8, 4) is 0 Å². The van der Waals surface area contributed by atoms with Crippen molar-refractivity contribution in [1.82, 2.24) is 24.4 Å². The predicted octanol–water partition coefficient (Wildman–Crippen LogP) is 2.10. The van der Waals surface area contributed by atoms with Gasteiger partial charge < -0.3 is 14.8 Å². The van der Waals surface area contributed by atoms with E-state index in [4.69, 9.17) is 0 Å². The van der Waals surface area contributed by atoms with Crippen LogP contribution in [0.4, 0.5) is 5.95 Å². The Labute approximate surface area is 145 Å². The Morgan fingerprint density at radius 2 is 2.04 bits per heavy atom. The zero-order chi connectivity index (χ0) is 17.2. The summed E-state index contributed by atoms with van der Waals surface area (Å²) >= 11 is 0. The van der Waals surface area contributed by atoms with Crippen LogP contribution >= 0.6 is 0 Å². The number of nitrogens with zero attached hydrogens (tertiary/aromatic N) is 5.